The SMILES string of the molecule is CC1CCCC(NC(=O)CN2CCN(S(C)(=O)=O)CC2)C1C. The molecule has 0 aromatic heterocycles. The molecule has 1 saturated carbocycles. The van der Waals surface area contributed by atoms with Gasteiger partial charge in [-0.1, -0.05) is 26.7 Å². The van der Waals surface area contributed by atoms with E-state index in [1.54, 1.807) is 0 Å². The van der Waals surface area contributed by atoms with Gasteiger partial charge in [-0.2, -0.15) is 4.31 Å². The average Bonchev–Trinajstić information content (AvgIpc) is 2.43. The van der Waals surface area contributed by atoms with Gasteiger partial charge in [-0.25, -0.2) is 8.42 Å². The number of carbonyl (C=O) groups is 1. The van der Waals surface area contributed by atoms with E-state index in [0.29, 0.717) is 44.6 Å². The van der Waals surface area contributed by atoms with Crippen LogP contribution in [0, 0.1) is 11.8 Å². The van der Waals surface area contributed by atoms with Crippen LogP contribution in [0.5, 0.6) is 0 Å². The fraction of sp³-hybridized carbons (Fsp3) is 0.933. The van der Waals surface area contributed by atoms with Crippen LogP contribution in [0.15, 0.2) is 0 Å². The summed E-state index contributed by atoms with van der Waals surface area (Å²) < 4.78 is 24.4. The maximum atomic E-state index is 12.2. The third-order valence-corrected chi connectivity index (χ3v) is 6.52. The van der Waals surface area contributed by atoms with Gasteiger partial charge in [0.05, 0.1) is 12.8 Å². The van der Waals surface area contributed by atoms with Crippen molar-refractivity contribution in [2.24, 2.45) is 11.8 Å². The molecule has 1 aliphatic heterocycles. The fourth-order valence-corrected chi connectivity index (χ4v) is 4.29. The van der Waals surface area contributed by atoms with Gasteiger partial charge in [0.2, 0.25) is 15.9 Å². The Balaban J connectivity index is 1.76. The predicted octanol–water partition coefficient (Wildman–Crippen LogP) is 0.505. The van der Waals surface area contributed by atoms with Crippen molar-refractivity contribution in [1.29, 1.82) is 0 Å². The van der Waals surface area contributed by atoms with Gasteiger partial charge >= 0.3 is 0 Å². The third-order valence-electron chi connectivity index (χ3n) is 5.22. The summed E-state index contributed by atoms with van der Waals surface area (Å²) >= 11 is 0. The van der Waals surface area contributed by atoms with Crippen molar-refractivity contribution in [1.82, 2.24) is 14.5 Å². The van der Waals surface area contributed by atoms with Gasteiger partial charge in [0.1, 0.15) is 0 Å². The molecule has 0 aromatic carbocycles. The van der Waals surface area contributed by atoms with Crippen LogP contribution in [0.3, 0.4) is 0 Å². The summed E-state index contributed by atoms with van der Waals surface area (Å²) in [6.07, 6.45) is 4.74. The topological polar surface area (TPSA) is 69.7 Å². The van der Waals surface area contributed by atoms with Crippen LogP contribution in [0.2, 0.25) is 0 Å². The van der Waals surface area contributed by atoms with E-state index < -0.39 is 10.0 Å². The highest BCUT2D eigenvalue weighted by Gasteiger charge is 2.29. The first-order valence-electron chi connectivity index (χ1n) is 8.24. The summed E-state index contributed by atoms with van der Waals surface area (Å²) in [5.74, 6) is 1.26. The van der Waals surface area contributed by atoms with Crippen molar-refractivity contribution in [3.8, 4) is 0 Å². The Hall–Kier alpha value is -0.660. The molecule has 0 spiro atoms. The van der Waals surface area contributed by atoms with Gasteiger partial charge in [0, 0.05) is 32.2 Å². The standard InChI is InChI=1S/C15H29N3O3S/c1-12-5-4-6-14(13(12)2)16-15(19)11-17-7-9-18(10-8-17)22(3,20)21/h12-14H,4-11H2,1-3H3,(H,16,19). The second kappa shape index (κ2) is 7.27. The minimum Gasteiger partial charge on any atom is -0.352 e. The van der Waals surface area contributed by atoms with Gasteiger partial charge in [0.25, 0.3) is 0 Å². The van der Waals surface area contributed by atoms with Crippen molar-refractivity contribution in [2.45, 2.75) is 39.2 Å². The monoisotopic (exact) mass is 331 g/mol. The molecule has 0 aromatic rings. The van der Waals surface area contributed by atoms with Crippen LogP contribution in [0.1, 0.15) is 33.1 Å². The Kier molecular flexibility index (Phi) is 5.85. The number of nitrogens with one attached hydrogen (secondary N) is 1. The summed E-state index contributed by atoms with van der Waals surface area (Å²) in [6, 6.07) is 0.286. The molecule has 22 heavy (non-hydrogen) atoms. The Morgan fingerprint density at radius 3 is 2.36 bits per heavy atom. The van der Waals surface area contributed by atoms with E-state index in [-0.39, 0.29) is 11.9 Å². The highest BCUT2D eigenvalue weighted by Crippen LogP contribution is 2.29. The number of hydrogen-bond acceptors (Lipinski definition) is 4. The van der Waals surface area contributed by atoms with Crippen molar-refractivity contribution in [3.63, 3.8) is 0 Å². The van der Waals surface area contributed by atoms with Crippen LogP contribution in [-0.2, 0) is 14.8 Å². The minimum atomic E-state index is -3.11. The summed E-state index contributed by atoms with van der Waals surface area (Å²) in [5.41, 5.74) is 0. The summed E-state index contributed by atoms with van der Waals surface area (Å²) in [4.78, 5) is 14.3. The van der Waals surface area contributed by atoms with Crippen LogP contribution in [0.4, 0.5) is 0 Å². The highest BCUT2D eigenvalue weighted by atomic mass is 32.2. The van der Waals surface area contributed by atoms with Crippen LogP contribution >= 0.6 is 0 Å². The fourth-order valence-electron chi connectivity index (χ4n) is 3.46. The number of rotatable bonds is 4. The first-order valence-corrected chi connectivity index (χ1v) is 10.1. The number of carbonyl (C=O) groups excluding carboxylic acids is 1. The van der Waals surface area contributed by atoms with Crippen molar-refractivity contribution >= 4 is 15.9 Å². The summed E-state index contributed by atoms with van der Waals surface area (Å²) in [5, 5.41) is 3.18. The van der Waals surface area contributed by atoms with Crippen LogP contribution < -0.4 is 5.32 Å². The quantitative estimate of drug-likeness (QED) is 0.815. The average molecular weight is 331 g/mol. The van der Waals surface area contributed by atoms with Gasteiger partial charge in [-0.05, 0) is 18.3 Å². The molecule has 0 bridgehead atoms. The molecule has 2 aliphatic rings. The van der Waals surface area contributed by atoms with Crippen molar-refractivity contribution < 1.29 is 13.2 Å². The number of hydrogen-bond donors (Lipinski definition) is 1. The molecule has 1 N–H and O–H groups in total. The zero-order valence-electron chi connectivity index (χ0n) is 13.9. The van der Waals surface area contributed by atoms with E-state index in [2.05, 4.69) is 19.2 Å². The molecule has 128 valence electrons. The Labute approximate surface area is 134 Å². The lowest BCUT2D eigenvalue weighted by atomic mass is 9.78. The van der Waals surface area contributed by atoms with E-state index in [4.69, 9.17) is 0 Å². The zero-order valence-corrected chi connectivity index (χ0v) is 14.7. The third kappa shape index (κ3) is 4.67. The molecule has 6 nitrogen and oxygen atoms in total. The maximum Gasteiger partial charge on any atom is 0.234 e. The molecule has 2 fully saturated rings. The first kappa shape index (κ1) is 17.7. The molecule has 1 amide bonds. The molecule has 1 saturated heterocycles. The van der Waals surface area contributed by atoms with Gasteiger partial charge in [0.15, 0.2) is 0 Å². The lowest BCUT2D eigenvalue weighted by Gasteiger charge is -2.36. The molecule has 1 aliphatic carbocycles. The molecular formula is C15H29N3O3S. The smallest absolute Gasteiger partial charge is 0.234 e. The van der Waals surface area contributed by atoms with E-state index in [1.165, 1.54) is 23.4 Å². The molecule has 3 unspecified atom stereocenters. The minimum absolute atomic E-state index is 0.0683. The largest absolute Gasteiger partial charge is 0.352 e. The van der Waals surface area contributed by atoms with Gasteiger partial charge < -0.3 is 5.32 Å². The summed E-state index contributed by atoms with van der Waals surface area (Å²) in [6.45, 7) is 7.04. The molecular weight excluding hydrogens is 302 g/mol. The van der Waals surface area contributed by atoms with Crippen LogP contribution in [0.25, 0.3) is 0 Å². The number of piperazine rings is 1. The van der Waals surface area contributed by atoms with E-state index in [1.807, 2.05) is 4.90 Å². The van der Waals surface area contributed by atoms with E-state index in [0.717, 1.165) is 6.42 Å². The Morgan fingerprint density at radius 1 is 1.14 bits per heavy atom. The first-order chi connectivity index (χ1) is 10.3. The van der Waals surface area contributed by atoms with Gasteiger partial charge in [-0.15, -0.1) is 0 Å². The molecule has 2 rings (SSSR count). The lowest BCUT2D eigenvalue weighted by Crippen LogP contribution is -2.52. The summed E-state index contributed by atoms with van der Waals surface area (Å²) in [7, 11) is -3.11. The maximum absolute atomic E-state index is 12.2. The predicted molar refractivity (Wildman–Crippen MR) is 87.0 cm³/mol. The molecule has 1 heterocycles. The lowest BCUT2D eigenvalue weighted by molar-refractivity contribution is -0.124. The normalized spacial score (nSPS) is 31.9. The number of sulfonamides is 1. The highest BCUT2D eigenvalue weighted by molar-refractivity contribution is 7.88. The van der Waals surface area contributed by atoms with Crippen LogP contribution in [-0.4, -0.2) is 68.6 Å². The molecule has 7 heteroatoms. The van der Waals surface area contributed by atoms with Crippen molar-refractivity contribution in [2.75, 3.05) is 39.0 Å². The second-order valence-electron chi connectivity index (χ2n) is 6.88. The zero-order chi connectivity index (χ0) is 16.3. The van der Waals surface area contributed by atoms with Gasteiger partial charge in [-0.3, -0.25) is 9.69 Å². The molecule has 3 atom stereocenters. The Morgan fingerprint density at radius 2 is 1.77 bits per heavy atom. The molecule has 0 radical (unpaired) electrons. The Bertz CT molecular complexity index is 486. The number of amides is 1. The second-order valence-corrected chi connectivity index (χ2v) is 8.86. The van der Waals surface area contributed by atoms with E-state index >= 15 is 0 Å². The number of nitrogens with zero attached hydrogens (tertiary/aromatic N) is 2. The van der Waals surface area contributed by atoms with Crippen molar-refractivity contribution in [3.05, 3.63) is 0 Å². The van der Waals surface area contributed by atoms with E-state index in [9.17, 15) is 13.2 Å².